The van der Waals surface area contributed by atoms with E-state index in [9.17, 15) is 24.3 Å². The molecule has 0 saturated heterocycles. The third-order valence-electron chi connectivity index (χ3n) is 6.96. The monoisotopic (exact) mass is 537 g/mol. The number of esters is 1. The van der Waals surface area contributed by atoms with Gasteiger partial charge in [-0.2, -0.15) is 0 Å². The molecule has 0 radical (unpaired) electrons. The molecule has 0 saturated carbocycles. The quantitative estimate of drug-likeness (QED) is 0.246. The van der Waals surface area contributed by atoms with Gasteiger partial charge in [0.1, 0.15) is 6.61 Å². The Morgan fingerprint density at radius 2 is 1.97 bits per heavy atom. The molecule has 5 rings (SSSR count). The number of aliphatic hydroxyl groups excluding tert-OH is 1. The second-order valence-electron chi connectivity index (χ2n) is 9.42. The van der Waals surface area contributed by atoms with Gasteiger partial charge in [0.25, 0.3) is 17.9 Å². The van der Waals surface area contributed by atoms with Crippen LogP contribution < -0.4 is 15.0 Å². The first kappa shape index (κ1) is 26.2. The minimum absolute atomic E-state index is 0.0930. The zero-order valence-corrected chi connectivity index (χ0v) is 21.7. The number of rotatable bonds is 9. The van der Waals surface area contributed by atoms with E-state index < -0.39 is 12.1 Å². The lowest BCUT2D eigenvalue weighted by Crippen LogP contribution is -2.32. The Morgan fingerprint density at radius 1 is 1.23 bits per heavy atom. The third kappa shape index (κ3) is 4.78. The van der Waals surface area contributed by atoms with Gasteiger partial charge in [-0.05, 0) is 36.6 Å². The lowest BCUT2D eigenvalue weighted by Gasteiger charge is -2.19. The van der Waals surface area contributed by atoms with E-state index in [0.29, 0.717) is 46.9 Å². The molecule has 1 N–H and O–H groups in total. The van der Waals surface area contributed by atoms with Crippen molar-refractivity contribution in [1.82, 2.24) is 14.5 Å². The molecule has 12 heteroatoms. The number of amides is 1. The standard InChI is InChI=1S/C27H27N3O9/c1-14(32)17-6-22-26-19(9-30(22)27(35)20(17)10-36-12-31)16(4-5-29(3)25(34)11-37-15(2)33)18-7-23-24(39-13-38-23)8-21(18)28-26/h6-8,12,14,32H,4-5,9-11,13H2,1-3H3. The highest BCUT2D eigenvalue weighted by Gasteiger charge is 2.30. The van der Waals surface area contributed by atoms with Gasteiger partial charge < -0.3 is 33.5 Å². The van der Waals surface area contributed by atoms with Crippen LogP contribution in [0.4, 0.5) is 0 Å². The first-order valence-electron chi connectivity index (χ1n) is 12.3. The SMILES string of the molecule is CC(=O)OCC(=O)N(C)CCc1c2c(nc3cc4c(cc13)OCO4)-c1cc(C(C)O)c(COC=O)c(=O)n1C2. The van der Waals surface area contributed by atoms with Crippen molar-refractivity contribution >= 4 is 29.3 Å². The number of hydrogen-bond acceptors (Lipinski definition) is 10. The summed E-state index contributed by atoms with van der Waals surface area (Å²) in [6.45, 7) is 3.02. The number of aromatic nitrogens is 2. The van der Waals surface area contributed by atoms with E-state index in [2.05, 4.69) is 0 Å². The molecule has 1 amide bonds. The zero-order valence-electron chi connectivity index (χ0n) is 21.7. The third-order valence-corrected chi connectivity index (χ3v) is 6.96. The van der Waals surface area contributed by atoms with Crippen LogP contribution in [0.1, 0.15) is 42.2 Å². The summed E-state index contributed by atoms with van der Waals surface area (Å²) in [6.07, 6.45) is -0.570. The van der Waals surface area contributed by atoms with Crippen molar-refractivity contribution in [3.8, 4) is 22.9 Å². The van der Waals surface area contributed by atoms with Crippen LogP contribution in [0.2, 0.25) is 0 Å². The van der Waals surface area contributed by atoms with Crippen molar-refractivity contribution < 1.29 is 38.4 Å². The van der Waals surface area contributed by atoms with Crippen LogP contribution in [0.25, 0.3) is 22.3 Å². The number of likely N-dealkylation sites (N-methyl/N-ethyl adjacent to an activating group) is 1. The van der Waals surface area contributed by atoms with Crippen LogP contribution in [0.3, 0.4) is 0 Å². The molecule has 2 aliphatic rings. The minimum atomic E-state index is -0.983. The van der Waals surface area contributed by atoms with Crippen LogP contribution in [-0.2, 0) is 43.4 Å². The van der Waals surface area contributed by atoms with Crippen molar-refractivity contribution in [3.05, 3.63) is 50.8 Å². The molecule has 1 atom stereocenters. The predicted molar refractivity (Wildman–Crippen MR) is 136 cm³/mol. The number of hydrogen-bond donors (Lipinski definition) is 1. The van der Waals surface area contributed by atoms with E-state index in [-0.39, 0.29) is 50.1 Å². The maximum absolute atomic E-state index is 13.5. The van der Waals surface area contributed by atoms with Gasteiger partial charge in [0.05, 0.1) is 35.1 Å². The average molecular weight is 538 g/mol. The summed E-state index contributed by atoms with van der Waals surface area (Å²) in [5.74, 6) is 0.236. The topological polar surface area (TPSA) is 146 Å². The van der Waals surface area contributed by atoms with Crippen LogP contribution >= 0.6 is 0 Å². The van der Waals surface area contributed by atoms with Crippen molar-refractivity contribution in [2.75, 3.05) is 27.0 Å². The summed E-state index contributed by atoms with van der Waals surface area (Å²) in [5.41, 5.74) is 3.54. The average Bonchev–Trinajstić information content (AvgIpc) is 3.51. The van der Waals surface area contributed by atoms with E-state index in [4.69, 9.17) is 23.9 Å². The van der Waals surface area contributed by atoms with Crippen molar-refractivity contribution in [3.63, 3.8) is 0 Å². The lowest BCUT2D eigenvalue weighted by molar-refractivity contribution is -0.149. The van der Waals surface area contributed by atoms with E-state index in [1.807, 2.05) is 6.07 Å². The Hall–Kier alpha value is -4.45. The fourth-order valence-corrected chi connectivity index (χ4v) is 4.96. The Balaban J connectivity index is 1.61. The second-order valence-corrected chi connectivity index (χ2v) is 9.42. The predicted octanol–water partition coefficient (Wildman–Crippen LogP) is 1.44. The highest BCUT2D eigenvalue weighted by Crippen LogP contribution is 2.42. The summed E-state index contributed by atoms with van der Waals surface area (Å²) >= 11 is 0. The number of nitrogens with zero attached hydrogens (tertiary/aromatic N) is 3. The molecular formula is C27H27N3O9. The molecule has 1 aromatic carbocycles. The van der Waals surface area contributed by atoms with E-state index in [0.717, 1.165) is 16.5 Å². The van der Waals surface area contributed by atoms with Gasteiger partial charge in [-0.1, -0.05) is 0 Å². The number of carbonyl (C=O) groups is 3. The fourth-order valence-electron chi connectivity index (χ4n) is 4.96. The fraction of sp³-hybridized carbons (Fsp3) is 0.370. The molecule has 12 nitrogen and oxygen atoms in total. The molecule has 0 fully saturated rings. The molecule has 1 unspecified atom stereocenters. The Labute approximate surface area is 222 Å². The van der Waals surface area contributed by atoms with Crippen LogP contribution in [0, 0.1) is 0 Å². The number of aliphatic hydroxyl groups is 1. The molecule has 0 aliphatic carbocycles. The highest BCUT2D eigenvalue weighted by atomic mass is 16.7. The first-order valence-corrected chi connectivity index (χ1v) is 12.3. The van der Waals surface area contributed by atoms with Crippen molar-refractivity contribution in [2.24, 2.45) is 0 Å². The number of carbonyl (C=O) groups excluding carboxylic acids is 3. The summed E-state index contributed by atoms with van der Waals surface area (Å²) in [4.78, 5) is 54.2. The van der Waals surface area contributed by atoms with Gasteiger partial charge in [0.2, 0.25) is 6.79 Å². The van der Waals surface area contributed by atoms with E-state index in [1.54, 1.807) is 23.7 Å². The number of pyridine rings is 2. The highest BCUT2D eigenvalue weighted by molar-refractivity contribution is 5.91. The Kier molecular flexibility index (Phi) is 6.96. The van der Waals surface area contributed by atoms with Gasteiger partial charge in [-0.3, -0.25) is 19.2 Å². The first-order chi connectivity index (χ1) is 18.7. The molecular weight excluding hydrogens is 510 g/mol. The number of benzene rings is 1. The molecule has 4 heterocycles. The van der Waals surface area contributed by atoms with Gasteiger partial charge in [0.15, 0.2) is 18.1 Å². The maximum atomic E-state index is 13.5. The normalized spacial score (nSPS) is 13.5. The molecule has 0 spiro atoms. The molecule has 2 aliphatic heterocycles. The summed E-state index contributed by atoms with van der Waals surface area (Å²) in [5, 5.41) is 11.2. The zero-order chi connectivity index (χ0) is 27.8. The summed E-state index contributed by atoms with van der Waals surface area (Å²) in [7, 11) is 1.62. The molecule has 2 aromatic heterocycles. The smallest absolute Gasteiger partial charge is 0.303 e. The summed E-state index contributed by atoms with van der Waals surface area (Å²) in [6, 6.07) is 5.32. The molecule has 0 bridgehead atoms. The lowest BCUT2D eigenvalue weighted by atomic mass is 9.97. The van der Waals surface area contributed by atoms with Gasteiger partial charge >= 0.3 is 5.97 Å². The van der Waals surface area contributed by atoms with Crippen molar-refractivity contribution in [2.45, 2.75) is 39.5 Å². The minimum Gasteiger partial charge on any atom is -0.463 e. The summed E-state index contributed by atoms with van der Waals surface area (Å²) < 4.78 is 22.4. The van der Waals surface area contributed by atoms with E-state index in [1.165, 1.54) is 18.7 Å². The molecule has 204 valence electrons. The Bertz CT molecular complexity index is 1560. The second kappa shape index (κ2) is 10.4. The number of fused-ring (bicyclic) bond motifs is 5. The maximum Gasteiger partial charge on any atom is 0.303 e. The van der Waals surface area contributed by atoms with Crippen LogP contribution in [0.5, 0.6) is 11.5 Å². The largest absolute Gasteiger partial charge is 0.463 e. The van der Waals surface area contributed by atoms with Gasteiger partial charge in [-0.15, -0.1) is 0 Å². The van der Waals surface area contributed by atoms with Gasteiger partial charge in [-0.25, -0.2) is 4.98 Å². The number of ether oxygens (including phenoxy) is 4. The van der Waals surface area contributed by atoms with Gasteiger partial charge in [0, 0.05) is 37.5 Å². The van der Waals surface area contributed by atoms with E-state index >= 15 is 0 Å². The van der Waals surface area contributed by atoms with Crippen LogP contribution in [0.15, 0.2) is 23.0 Å². The molecule has 3 aromatic rings. The van der Waals surface area contributed by atoms with Crippen LogP contribution in [-0.4, -0.2) is 64.9 Å². The Morgan fingerprint density at radius 3 is 2.67 bits per heavy atom. The molecule has 39 heavy (non-hydrogen) atoms. The van der Waals surface area contributed by atoms with Crippen molar-refractivity contribution in [1.29, 1.82) is 0 Å².